The predicted molar refractivity (Wildman–Crippen MR) is 87.7 cm³/mol. The summed E-state index contributed by atoms with van der Waals surface area (Å²) >= 11 is 1.45. The average Bonchev–Trinajstić information content (AvgIpc) is 2.96. The Bertz CT molecular complexity index is 612. The van der Waals surface area contributed by atoms with E-state index in [2.05, 4.69) is 4.98 Å². The lowest BCUT2D eigenvalue weighted by atomic mass is 10.1. The second-order valence-corrected chi connectivity index (χ2v) is 7.52. The Morgan fingerprint density at radius 3 is 2.68 bits per heavy atom. The molecule has 3 heterocycles. The van der Waals surface area contributed by atoms with E-state index >= 15 is 0 Å². The number of halogens is 3. The van der Waals surface area contributed by atoms with Gasteiger partial charge in [-0.05, 0) is 12.8 Å². The van der Waals surface area contributed by atoms with Gasteiger partial charge in [0.15, 0.2) is 0 Å². The molecule has 0 radical (unpaired) electrons. The van der Waals surface area contributed by atoms with Crippen molar-refractivity contribution in [2.75, 3.05) is 26.2 Å². The molecular formula is C16H22F3N3O2S. The topological polar surface area (TPSA) is 45.7 Å². The van der Waals surface area contributed by atoms with E-state index in [0.29, 0.717) is 50.6 Å². The van der Waals surface area contributed by atoms with E-state index in [4.69, 9.17) is 4.74 Å². The predicted octanol–water partition coefficient (Wildman–Crippen LogP) is 2.84. The highest BCUT2D eigenvalue weighted by atomic mass is 32.1. The molecule has 1 saturated heterocycles. The summed E-state index contributed by atoms with van der Waals surface area (Å²) in [6.45, 7) is 3.02. The first-order valence-electron chi connectivity index (χ1n) is 8.56. The van der Waals surface area contributed by atoms with Crippen molar-refractivity contribution >= 4 is 17.2 Å². The van der Waals surface area contributed by atoms with Gasteiger partial charge in [-0.2, -0.15) is 13.2 Å². The van der Waals surface area contributed by atoms with Crippen LogP contribution in [0.15, 0.2) is 0 Å². The number of thiazole rings is 1. The Kier molecular flexibility index (Phi) is 5.52. The van der Waals surface area contributed by atoms with Crippen molar-refractivity contribution < 1.29 is 22.7 Å². The number of rotatable bonds is 4. The Hall–Kier alpha value is -1.35. The Balaban J connectivity index is 1.52. The monoisotopic (exact) mass is 377 g/mol. The maximum atomic E-state index is 12.4. The molecule has 0 bridgehead atoms. The normalized spacial score (nSPS) is 19.8. The lowest BCUT2D eigenvalue weighted by Gasteiger charge is -2.31. The minimum Gasteiger partial charge on any atom is -0.467 e. The minimum absolute atomic E-state index is 0.0922. The molecule has 3 rings (SSSR count). The van der Waals surface area contributed by atoms with Gasteiger partial charge >= 0.3 is 6.18 Å². The Labute approximate surface area is 148 Å². The molecular weight excluding hydrogens is 355 g/mol. The number of piperidine rings is 1. The zero-order chi connectivity index (χ0) is 18.0. The number of carbonyl (C=O) groups is 1. The largest absolute Gasteiger partial charge is 0.467 e. The van der Waals surface area contributed by atoms with Crippen LogP contribution in [0.25, 0.3) is 0 Å². The van der Waals surface area contributed by atoms with Crippen molar-refractivity contribution in [3.05, 3.63) is 10.6 Å². The van der Waals surface area contributed by atoms with Crippen LogP contribution in [0.4, 0.5) is 13.2 Å². The number of hydrogen-bond donors (Lipinski definition) is 0. The third-order valence-corrected chi connectivity index (χ3v) is 5.55. The standard InChI is InChI=1S/C16H22F3N3O2S/c1-2-14(23)22-8-5-12-13(9-22)25-15(20-12)24-11-3-6-21(7-4-11)10-16(17,18)19/h11H,2-10H2,1H3. The molecule has 0 N–H and O–H groups in total. The molecule has 9 heteroatoms. The van der Waals surface area contributed by atoms with Gasteiger partial charge < -0.3 is 9.64 Å². The van der Waals surface area contributed by atoms with Crippen molar-refractivity contribution in [2.24, 2.45) is 0 Å². The number of fused-ring (bicyclic) bond motifs is 1. The molecule has 0 unspecified atom stereocenters. The first kappa shape index (κ1) is 18.4. The number of carbonyl (C=O) groups excluding carboxylic acids is 1. The summed E-state index contributed by atoms with van der Waals surface area (Å²) in [6, 6.07) is 0. The van der Waals surface area contributed by atoms with E-state index in [-0.39, 0.29) is 12.0 Å². The summed E-state index contributed by atoms with van der Waals surface area (Å²) in [5.41, 5.74) is 0.981. The summed E-state index contributed by atoms with van der Waals surface area (Å²) in [7, 11) is 0. The second-order valence-electron chi connectivity index (χ2n) is 6.48. The van der Waals surface area contributed by atoms with Crippen LogP contribution < -0.4 is 4.74 Å². The quantitative estimate of drug-likeness (QED) is 0.810. The van der Waals surface area contributed by atoms with Crippen molar-refractivity contribution in [1.29, 1.82) is 0 Å². The number of amides is 1. The molecule has 1 aromatic rings. The highest BCUT2D eigenvalue weighted by Gasteiger charge is 2.33. The summed E-state index contributed by atoms with van der Waals surface area (Å²) in [5, 5.41) is 0.574. The molecule has 0 aliphatic carbocycles. The van der Waals surface area contributed by atoms with Gasteiger partial charge in [-0.3, -0.25) is 9.69 Å². The highest BCUT2D eigenvalue weighted by molar-refractivity contribution is 7.13. The third kappa shape index (κ3) is 4.84. The summed E-state index contributed by atoms with van der Waals surface area (Å²) in [6.07, 6.45) is -1.88. The maximum absolute atomic E-state index is 12.4. The molecule has 2 aliphatic heterocycles. The lowest BCUT2D eigenvalue weighted by Crippen LogP contribution is -2.42. The SMILES string of the molecule is CCC(=O)N1CCc2nc(OC3CCN(CC(F)(F)F)CC3)sc2C1. The van der Waals surface area contributed by atoms with E-state index in [0.717, 1.165) is 17.0 Å². The molecule has 5 nitrogen and oxygen atoms in total. The molecule has 1 amide bonds. The number of ether oxygens (including phenoxy) is 1. The van der Waals surface area contributed by atoms with Crippen LogP contribution in [0.1, 0.15) is 36.8 Å². The molecule has 25 heavy (non-hydrogen) atoms. The zero-order valence-electron chi connectivity index (χ0n) is 14.1. The van der Waals surface area contributed by atoms with Crippen LogP contribution in [0, 0.1) is 0 Å². The van der Waals surface area contributed by atoms with Gasteiger partial charge in [-0.15, -0.1) is 0 Å². The fraction of sp³-hybridized carbons (Fsp3) is 0.750. The van der Waals surface area contributed by atoms with E-state index in [1.165, 1.54) is 16.2 Å². The zero-order valence-corrected chi connectivity index (χ0v) is 15.0. The van der Waals surface area contributed by atoms with Gasteiger partial charge in [0.1, 0.15) is 6.10 Å². The van der Waals surface area contributed by atoms with E-state index in [1.54, 1.807) is 0 Å². The number of aromatic nitrogens is 1. The van der Waals surface area contributed by atoms with Crippen molar-refractivity contribution in [1.82, 2.24) is 14.8 Å². The second kappa shape index (κ2) is 7.49. The van der Waals surface area contributed by atoms with Crippen molar-refractivity contribution in [3.8, 4) is 5.19 Å². The van der Waals surface area contributed by atoms with Crippen LogP contribution in [-0.2, 0) is 17.8 Å². The van der Waals surface area contributed by atoms with Gasteiger partial charge in [-0.1, -0.05) is 18.3 Å². The number of nitrogens with zero attached hydrogens (tertiary/aromatic N) is 3. The van der Waals surface area contributed by atoms with Crippen LogP contribution in [0.2, 0.25) is 0 Å². The highest BCUT2D eigenvalue weighted by Crippen LogP contribution is 2.32. The van der Waals surface area contributed by atoms with Crippen molar-refractivity contribution in [2.45, 2.75) is 51.4 Å². The van der Waals surface area contributed by atoms with Crippen LogP contribution >= 0.6 is 11.3 Å². The number of alkyl halides is 3. The summed E-state index contributed by atoms with van der Waals surface area (Å²) in [5.74, 6) is 0.138. The van der Waals surface area contributed by atoms with E-state index in [1.807, 2.05) is 11.8 Å². The van der Waals surface area contributed by atoms with Gasteiger partial charge in [0.2, 0.25) is 5.91 Å². The number of likely N-dealkylation sites (tertiary alicyclic amines) is 1. The minimum atomic E-state index is -4.15. The van der Waals surface area contributed by atoms with E-state index in [9.17, 15) is 18.0 Å². The fourth-order valence-electron chi connectivity index (χ4n) is 3.24. The van der Waals surface area contributed by atoms with Crippen LogP contribution in [0.5, 0.6) is 5.19 Å². The van der Waals surface area contributed by atoms with Gasteiger partial charge in [0.25, 0.3) is 5.19 Å². The van der Waals surface area contributed by atoms with E-state index < -0.39 is 12.7 Å². The Morgan fingerprint density at radius 1 is 1.32 bits per heavy atom. The average molecular weight is 377 g/mol. The smallest absolute Gasteiger partial charge is 0.401 e. The van der Waals surface area contributed by atoms with Gasteiger partial charge in [0.05, 0.1) is 23.7 Å². The van der Waals surface area contributed by atoms with Crippen LogP contribution in [-0.4, -0.2) is 59.2 Å². The maximum Gasteiger partial charge on any atom is 0.401 e. The Morgan fingerprint density at radius 2 is 2.04 bits per heavy atom. The van der Waals surface area contributed by atoms with Crippen molar-refractivity contribution in [3.63, 3.8) is 0 Å². The van der Waals surface area contributed by atoms with Crippen LogP contribution in [0.3, 0.4) is 0 Å². The third-order valence-electron chi connectivity index (χ3n) is 4.57. The molecule has 1 aromatic heterocycles. The molecule has 0 spiro atoms. The molecule has 0 aromatic carbocycles. The molecule has 0 atom stereocenters. The molecule has 1 fully saturated rings. The number of hydrogen-bond acceptors (Lipinski definition) is 5. The molecule has 0 saturated carbocycles. The fourth-order valence-corrected chi connectivity index (χ4v) is 4.28. The summed E-state index contributed by atoms with van der Waals surface area (Å²) < 4.78 is 43.2. The molecule has 2 aliphatic rings. The van der Waals surface area contributed by atoms with Gasteiger partial charge in [-0.25, -0.2) is 4.98 Å². The first-order chi connectivity index (χ1) is 11.8. The lowest BCUT2D eigenvalue weighted by molar-refractivity contribution is -0.149. The molecule has 140 valence electrons. The van der Waals surface area contributed by atoms with Gasteiger partial charge in [0, 0.05) is 32.5 Å². The first-order valence-corrected chi connectivity index (χ1v) is 9.38. The summed E-state index contributed by atoms with van der Waals surface area (Å²) in [4.78, 5) is 20.6.